The van der Waals surface area contributed by atoms with Crippen LogP contribution in [-0.4, -0.2) is 62.1 Å². The van der Waals surface area contributed by atoms with E-state index < -0.39 is 0 Å². The van der Waals surface area contributed by atoms with E-state index in [2.05, 4.69) is 53.1 Å². The van der Waals surface area contributed by atoms with Gasteiger partial charge < -0.3 is 20.9 Å². The molecule has 0 radical (unpaired) electrons. The lowest BCUT2D eigenvalue weighted by molar-refractivity contribution is 0.283. The molecule has 0 amide bonds. The number of aryl methyl sites for hydroxylation is 2. The molecule has 1 aromatic rings. The first-order valence-electron chi connectivity index (χ1n) is 8.09. The van der Waals surface area contributed by atoms with Gasteiger partial charge in [0, 0.05) is 25.3 Å². The summed E-state index contributed by atoms with van der Waals surface area (Å²) in [5.74, 6) is 0.496. The molecule has 6 heteroatoms. The van der Waals surface area contributed by atoms with Crippen LogP contribution in [0.4, 0.5) is 5.69 Å². The van der Waals surface area contributed by atoms with Crippen LogP contribution in [0.2, 0.25) is 0 Å². The molecule has 0 aliphatic carbocycles. The van der Waals surface area contributed by atoms with Gasteiger partial charge in [0.1, 0.15) is 0 Å². The predicted octanol–water partition coefficient (Wildman–Crippen LogP) is 2.29. The maximum absolute atomic E-state index is 5.97. The second-order valence-electron chi connectivity index (χ2n) is 6.19. The Kier molecular flexibility index (Phi) is 8.86. The number of hydrogen-bond donors (Lipinski definition) is 2. The van der Waals surface area contributed by atoms with Gasteiger partial charge in [0.25, 0.3) is 0 Å². The number of nitrogens with two attached hydrogens (primary N) is 1. The summed E-state index contributed by atoms with van der Waals surface area (Å²) in [4.78, 5) is 9.30. The number of anilines is 1. The molecule has 1 aromatic carbocycles. The average molecular weight is 431 g/mol. The standard InChI is InChI=1S/C17H29N5.HI/c1-14-5-6-16(13-15(14)2)20-17(18)19-7-10-22-9-4-8-21(3)11-12-22;/h5-6,13H,4,7-12H2,1-3H3,(H3,18,19,20);1H. The Labute approximate surface area is 157 Å². The molecule has 23 heavy (non-hydrogen) atoms. The molecular formula is C17H30IN5. The van der Waals surface area contributed by atoms with E-state index in [4.69, 9.17) is 5.73 Å². The Balaban J connectivity index is 0.00000264. The van der Waals surface area contributed by atoms with Crippen LogP contribution in [0.1, 0.15) is 17.5 Å². The first kappa shape index (κ1) is 20.2. The molecule has 5 nitrogen and oxygen atoms in total. The van der Waals surface area contributed by atoms with Gasteiger partial charge in [0.15, 0.2) is 5.96 Å². The van der Waals surface area contributed by atoms with Crippen molar-refractivity contribution in [2.45, 2.75) is 20.3 Å². The van der Waals surface area contributed by atoms with Gasteiger partial charge in [-0.15, -0.1) is 24.0 Å². The van der Waals surface area contributed by atoms with Gasteiger partial charge in [-0.2, -0.15) is 0 Å². The molecular weight excluding hydrogens is 401 g/mol. The van der Waals surface area contributed by atoms with Gasteiger partial charge in [-0.05, 0) is 63.7 Å². The summed E-state index contributed by atoms with van der Waals surface area (Å²) in [7, 11) is 2.19. The summed E-state index contributed by atoms with van der Waals surface area (Å²) in [6.07, 6.45) is 1.23. The van der Waals surface area contributed by atoms with Crippen LogP contribution in [-0.2, 0) is 0 Å². The number of aliphatic imine (C=N–C) groups is 1. The number of halogens is 1. The van der Waals surface area contributed by atoms with Crippen molar-refractivity contribution in [3.05, 3.63) is 29.3 Å². The maximum atomic E-state index is 5.97. The van der Waals surface area contributed by atoms with Crippen LogP contribution in [0.5, 0.6) is 0 Å². The smallest absolute Gasteiger partial charge is 0.193 e. The minimum absolute atomic E-state index is 0. The number of likely N-dealkylation sites (N-methyl/N-ethyl adjacent to an activating group) is 1. The molecule has 1 fully saturated rings. The van der Waals surface area contributed by atoms with Crippen molar-refractivity contribution in [3.8, 4) is 0 Å². The largest absolute Gasteiger partial charge is 0.370 e. The van der Waals surface area contributed by atoms with Crippen molar-refractivity contribution in [3.63, 3.8) is 0 Å². The Morgan fingerprint density at radius 3 is 2.70 bits per heavy atom. The third-order valence-corrected chi connectivity index (χ3v) is 4.29. The first-order valence-corrected chi connectivity index (χ1v) is 8.09. The maximum Gasteiger partial charge on any atom is 0.193 e. The number of rotatable bonds is 4. The van der Waals surface area contributed by atoms with Crippen LogP contribution in [0.15, 0.2) is 23.2 Å². The molecule has 1 heterocycles. The summed E-state index contributed by atoms with van der Waals surface area (Å²) in [6, 6.07) is 6.23. The van der Waals surface area contributed by atoms with Gasteiger partial charge in [0.05, 0.1) is 6.54 Å². The molecule has 1 saturated heterocycles. The highest BCUT2D eigenvalue weighted by Crippen LogP contribution is 2.13. The molecule has 0 aromatic heterocycles. The van der Waals surface area contributed by atoms with Crippen molar-refractivity contribution >= 4 is 35.6 Å². The van der Waals surface area contributed by atoms with Crippen LogP contribution < -0.4 is 11.1 Å². The van der Waals surface area contributed by atoms with Crippen LogP contribution >= 0.6 is 24.0 Å². The second-order valence-corrected chi connectivity index (χ2v) is 6.19. The number of nitrogens with zero attached hydrogens (tertiary/aromatic N) is 3. The quantitative estimate of drug-likeness (QED) is 0.437. The van der Waals surface area contributed by atoms with Gasteiger partial charge in [-0.25, -0.2) is 0 Å². The van der Waals surface area contributed by atoms with Crippen molar-refractivity contribution in [2.75, 3.05) is 51.6 Å². The molecule has 0 atom stereocenters. The number of benzene rings is 1. The molecule has 0 bridgehead atoms. The molecule has 3 N–H and O–H groups in total. The van der Waals surface area contributed by atoms with Gasteiger partial charge in [0.2, 0.25) is 0 Å². The highest BCUT2D eigenvalue weighted by atomic mass is 127. The number of guanidine groups is 1. The van der Waals surface area contributed by atoms with E-state index in [9.17, 15) is 0 Å². The Morgan fingerprint density at radius 2 is 1.96 bits per heavy atom. The van der Waals surface area contributed by atoms with E-state index in [1.807, 2.05) is 6.07 Å². The highest BCUT2D eigenvalue weighted by Gasteiger charge is 2.11. The monoisotopic (exact) mass is 431 g/mol. The first-order chi connectivity index (χ1) is 10.5. The van der Waals surface area contributed by atoms with Crippen LogP contribution in [0.3, 0.4) is 0 Å². The van der Waals surface area contributed by atoms with E-state index in [0.717, 1.165) is 38.4 Å². The second kappa shape index (κ2) is 10.1. The fraction of sp³-hybridized carbons (Fsp3) is 0.588. The Hall–Kier alpha value is -0.860. The fourth-order valence-electron chi connectivity index (χ4n) is 2.64. The average Bonchev–Trinajstić information content (AvgIpc) is 2.68. The van der Waals surface area contributed by atoms with Crippen LogP contribution in [0.25, 0.3) is 0 Å². The summed E-state index contributed by atoms with van der Waals surface area (Å²) >= 11 is 0. The lowest BCUT2D eigenvalue weighted by Gasteiger charge is -2.18. The summed E-state index contributed by atoms with van der Waals surface area (Å²) in [5.41, 5.74) is 9.52. The Morgan fingerprint density at radius 1 is 1.17 bits per heavy atom. The third-order valence-electron chi connectivity index (χ3n) is 4.29. The molecule has 2 rings (SSSR count). The van der Waals surface area contributed by atoms with E-state index >= 15 is 0 Å². The topological polar surface area (TPSA) is 56.9 Å². The minimum Gasteiger partial charge on any atom is -0.370 e. The van der Waals surface area contributed by atoms with Gasteiger partial charge in [-0.1, -0.05) is 6.07 Å². The zero-order chi connectivity index (χ0) is 15.9. The van der Waals surface area contributed by atoms with E-state index in [-0.39, 0.29) is 24.0 Å². The molecule has 0 saturated carbocycles. The summed E-state index contributed by atoms with van der Waals surface area (Å²) in [5, 5.41) is 3.17. The third kappa shape index (κ3) is 7.05. The predicted molar refractivity (Wildman–Crippen MR) is 110 cm³/mol. The lowest BCUT2D eigenvalue weighted by Crippen LogP contribution is -2.32. The van der Waals surface area contributed by atoms with Gasteiger partial charge in [-0.3, -0.25) is 4.99 Å². The number of nitrogens with one attached hydrogen (secondary N) is 1. The summed E-state index contributed by atoms with van der Waals surface area (Å²) in [6.45, 7) is 10.5. The molecule has 130 valence electrons. The van der Waals surface area contributed by atoms with E-state index in [1.54, 1.807) is 0 Å². The van der Waals surface area contributed by atoms with Crippen molar-refractivity contribution in [2.24, 2.45) is 10.7 Å². The fourth-order valence-corrected chi connectivity index (χ4v) is 2.64. The molecule has 0 unspecified atom stereocenters. The SMILES string of the molecule is Cc1ccc(NC(N)=NCCN2CCCN(C)CC2)cc1C.I. The zero-order valence-corrected chi connectivity index (χ0v) is 16.8. The zero-order valence-electron chi connectivity index (χ0n) is 14.5. The van der Waals surface area contributed by atoms with Crippen molar-refractivity contribution in [1.29, 1.82) is 0 Å². The lowest BCUT2D eigenvalue weighted by atomic mass is 10.1. The highest BCUT2D eigenvalue weighted by molar-refractivity contribution is 14.0. The normalized spacial score (nSPS) is 17.4. The van der Waals surface area contributed by atoms with Crippen molar-refractivity contribution < 1.29 is 0 Å². The molecule has 1 aliphatic rings. The number of hydrogen-bond acceptors (Lipinski definition) is 3. The minimum atomic E-state index is 0. The summed E-state index contributed by atoms with van der Waals surface area (Å²) < 4.78 is 0. The Bertz CT molecular complexity index is 518. The van der Waals surface area contributed by atoms with Crippen molar-refractivity contribution in [1.82, 2.24) is 9.80 Å². The van der Waals surface area contributed by atoms with E-state index in [0.29, 0.717) is 5.96 Å². The van der Waals surface area contributed by atoms with E-state index in [1.165, 1.54) is 24.1 Å². The van der Waals surface area contributed by atoms with Gasteiger partial charge >= 0.3 is 0 Å². The molecule has 1 aliphatic heterocycles. The van der Waals surface area contributed by atoms with Crippen LogP contribution in [0, 0.1) is 13.8 Å². The molecule has 0 spiro atoms.